The average Bonchev–Trinajstić information content (AvgIpc) is 2.43. The summed E-state index contributed by atoms with van der Waals surface area (Å²) in [6.45, 7) is 1.99. The van der Waals surface area contributed by atoms with Gasteiger partial charge in [-0.15, -0.1) is 11.8 Å². The molecule has 0 fully saturated rings. The smallest absolute Gasteiger partial charge is 0.335 e. The molecule has 0 aliphatic carbocycles. The summed E-state index contributed by atoms with van der Waals surface area (Å²) in [5.41, 5.74) is 6.43. The van der Waals surface area contributed by atoms with Gasteiger partial charge in [-0.1, -0.05) is 25.1 Å². The molecule has 2 aromatic carbocycles. The number of carboxylic acids is 1. The molecule has 4 nitrogen and oxygen atoms in total. The maximum Gasteiger partial charge on any atom is 0.335 e. The lowest BCUT2D eigenvalue weighted by Gasteiger charge is -2.14. The number of aromatic carboxylic acids is 1. The van der Waals surface area contributed by atoms with Crippen molar-refractivity contribution in [3.05, 3.63) is 48.0 Å². The number of nitrogen functional groups attached to an aromatic ring is 1. The highest BCUT2D eigenvalue weighted by molar-refractivity contribution is 7.99. The number of carboxylic acid groups (broad SMARTS) is 1. The summed E-state index contributed by atoms with van der Waals surface area (Å²) < 4.78 is 5.79. The van der Waals surface area contributed by atoms with Crippen LogP contribution in [0.5, 0.6) is 11.5 Å². The van der Waals surface area contributed by atoms with E-state index in [0.717, 1.165) is 10.6 Å². The minimum Gasteiger partial charge on any atom is -0.478 e. The summed E-state index contributed by atoms with van der Waals surface area (Å²) in [6, 6.07) is 12.3. The number of ether oxygens (including phenoxy) is 1. The van der Waals surface area contributed by atoms with Crippen LogP contribution < -0.4 is 10.5 Å². The van der Waals surface area contributed by atoms with E-state index in [9.17, 15) is 4.79 Å². The van der Waals surface area contributed by atoms with Crippen LogP contribution in [0.3, 0.4) is 0 Å². The van der Waals surface area contributed by atoms with E-state index in [2.05, 4.69) is 0 Å². The molecule has 20 heavy (non-hydrogen) atoms. The first-order chi connectivity index (χ1) is 9.61. The second-order valence-electron chi connectivity index (χ2n) is 4.05. The minimum absolute atomic E-state index is 0.166. The van der Waals surface area contributed by atoms with Gasteiger partial charge in [-0.3, -0.25) is 0 Å². The van der Waals surface area contributed by atoms with Gasteiger partial charge in [0.1, 0.15) is 5.75 Å². The number of hydrogen-bond donors (Lipinski definition) is 2. The molecule has 0 aliphatic rings. The molecule has 0 bridgehead atoms. The van der Waals surface area contributed by atoms with Gasteiger partial charge in [0.15, 0.2) is 5.75 Å². The van der Waals surface area contributed by atoms with Crippen LogP contribution in [0.25, 0.3) is 0 Å². The molecule has 2 aromatic rings. The predicted octanol–water partition coefficient (Wildman–Crippen LogP) is 3.87. The molecule has 0 unspecified atom stereocenters. The third kappa shape index (κ3) is 3.24. The molecule has 0 heterocycles. The van der Waals surface area contributed by atoms with Gasteiger partial charge in [-0.25, -0.2) is 4.79 Å². The molecule has 0 amide bonds. The van der Waals surface area contributed by atoms with E-state index in [1.165, 1.54) is 17.8 Å². The highest BCUT2D eigenvalue weighted by atomic mass is 32.2. The van der Waals surface area contributed by atoms with E-state index >= 15 is 0 Å². The monoisotopic (exact) mass is 289 g/mol. The maximum absolute atomic E-state index is 11.1. The van der Waals surface area contributed by atoms with Crippen molar-refractivity contribution >= 4 is 23.4 Å². The molecule has 0 saturated carbocycles. The number of anilines is 1. The fraction of sp³-hybridized carbons (Fsp3) is 0.133. The van der Waals surface area contributed by atoms with Crippen molar-refractivity contribution < 1.29 is 14.6 Å². The predicted molar refractivity (Wildman–Crippen MR) is 80.7 cm³/mol. The Morgan fingerprint density at radius 1 is 1.30 bits per heavy atom. The molecule has 2 rings (SSSR count). The van der Waals surface area contributed by atoms with Crippen LogP contribution in [0, 0.1) is 0 Å². The first-order valence-electron chi connectivity index (χ1n) is 6.14. The summed E-state index contributed by atoms with van der Waals surface area (Å²) in [4.78, 5) is 11.8. The summed E-state index contributed by atoms with van der Waals surface area (Å²) in [7, 11) is 0. The number of para-hydroxylation sites is 1. The summed E-state index contributed by atoms with van der Waals surface area (Å²) in [5, 5.41) is 9.08. The van der Waals surface area contributed by atoms with E-state index in [4.69, 9.17) is 15.6 Å². The van der Waals surface area contributed by atoms with Gasteiger partial charge in [0, 0.05) is 0 Å². The number of nitrogens with two attached hydrogens (primary N) is 1. The van der Waals surface area contributed by atoms with Crippen LogP contribution in [-0.2, 0) is 0 Å². The van der Waals surface area contributed by atoms with Crippen LogP contribution in [0.4, 0.5) is 5.69 Å². The highest BCUT2D eigenvalue weighted by Gasteiger charge is 2.14. The lowest BCUT2D eigenvalue weighted by Crippen LogP contribution is -2.01. The van der Waals surface area contributed by atoms with Crippen molar-refractivity contribution in [2.45, 2.75) is 11.8 Å². The van der Waals surface area contributed by atoms with Crippen molar-refractivity contribution in [3.63, 3.8) is 0 Å². The van der Waals surface area contributed by atoms with E-state index in [1.807, 2.05) is 37.3 Å². The zero-order valence-corrected chi connectivity index (χ0v) is 11.8. The van der Waals surface area contributed by atoms with Crippen molar-refractivity contribution in [3.8, 4) is 11.5 Å². The molecule has 0 aliphatic heterocycles. The van der Waals surface area contributed by atoms with Crippen LogP contribution in [0.1, 0.15) is 17.3 Å². The zero-order chi connectivity index (χ0) is 14.5. The van der Waals surface area contributed by atoms with E-state index in [1.54, 1.807) is 6.07 Å². The summed E-state index contributed by atoms with van der Waals surface area (Å²) in [6.07, 6.45) is 0. The summed E-state index contributed by atoms with van der Waals surface area (Å²) >= 11 is 1.50. The minimum atomic E-state index is -0.999. The van der Waals surface area contributed by atoms with Crippen molar-refractivity contribution in [2.75, 3.05) is 11.5 Å². The van der Waals surface area contributed by atoms with Gasteiger partial charge in [0.05, 0.1) is 16.1 Å². The van der Waals surface area contributed by atoms with Gasteiger partial charge in [-0.05, 0) is 30.0 Å². The van der Waals surface area contributed by atoms with Gasteiger partial charge < -0.3 is 15.6 Å². The molecule has 0 aromatic heterocycles. The molecule has 0 spiro atoms. The fourth-order valence-electron chi connectivity index (χ4n) is 1.73. The second-order valence-corrected chi connectivity index (χ2v) is 5.35. The number of thioether (sulfide) groups is 1. The number of rotatable bonds is 5. The Labute approximate surface area is 121 Å². The van der Waals surface area contributed by atoms with E-state index in [-0.39, 0.29) is 5.56 Å². The summed E-state index contributed by atoms with van der Waals surface area (Å²) in [5.74, 6) is 0.974. The number of carbonyl (C=O) groups is 1. The SMILES string of the molecule is CCSc1cc(C(=O)O)cc(N)c1Oc1ccccc1. The van der Waals surface area contributed by atoms with Crippen molar-refractivity contribution in [1.82, 2.24) is 0 Å². The first-order valence-corrected chi connectivity index (χ1v) is 7.13. The average molecular weight is 289 g/mol. The number of hydrogen-bond acceptors (Lipinski definition) is 4. The number of benzene rings is 2. The molecule has 3 N–H and O–H groups in total. The lowest BCUT2D eigenvalue weighted by molar-refractivity contribution is 0.0696. The second kappa shape index (κ2) is 6.34. The fourth-order valence-corrected chi connectivity index (χ4v) is 2.54. The Hall–Kier alpha value is -2.14. The lowest BCUT2D eigenvalue weighted by atomic mass is 10.2. The van der Waals surface area contributed by atoms with E-state index in [0.29, 0.717) is 17.2 Å². The van der Waals surface area contributed by atoms with Crippen LogP contribution in [0.15, 0.2) is 47.4 Å². The van der Waals surface area contributed by atoms with Crippen LogP contribution >= 0.6 is 11.8 Å². The standard InChI is InChI=1S/C15H15NO3S/c1-2-20-13-9-10(15(17)18)8-12(16)14(13)19-11-6-4-3-5-7-11/h3-9H,2,16H2,1H3,(H,17,18). The normalized spacial score (nSPS) is 10.2. The molecular weight excluding hydrogens is 274 g/mol. The molecule has 0 atom stereocenters. The highest BCUT2D eigenvalue weighted by Crippen LogP contribution is 2.38. The van der Waals surface area contributed by atoms with Crippen molar-refractivity contribution in [2.24, 2.45) is 0 Å². The van der Waals surface area contributed by atoms with Crippen molar-refractivity contribution in [1.29, 1.82) is 0 Å². The Bertz CT molecular complexity index is 614. The molecule has 5 heteroatoms. The van der Waals surface area contributed by atoms with Gasteiger partial charge in [0.25, 0.3) is 0 Å². The van der Waals surface area contributed by atoms with Gasteiger partial charge in [-0.2, -0.15) is 0 Å². The quantitative estimate of drug-likeness (QED) is 0.645. The largest absolute Gasteiger partial charge is 0.478 e. The zero-order valence-electron chi connectivity index (χ0n) is 11.0. The van der Waals surface area contributed by atoms with Gasteiger partial charge >= 0.3 is 5.97 Å². The van der Waals surface area contributed by atoms with Crippen LogP contribution in [-0.4, -0.2) is 16.8 Å². The maximum atomic E-state index is 11.1. The van der Waals surface area contributed by atoms with Gasteiger partial charge in [0.2, 0.25) is 0 Å². The van der Waals surface area contributed by atoms with E-state index < -0.39 is 5.97 Å². The Morgan fingerprint density at radius 2 is 2.00 bits per heavy atom. The topological polar surface area (TPSA) is 72.5 Å². The third-order valence-corrected chi connectivity index (χ3v) is 3.50. The third-order valence-electron chi connectivity index (χ3n) is 2.59. The Balaban J connectivity index is 2.43. The Morgan fingerprint density at radius 3 is 2.60 bits per heavy atom. The first kappa shape index (κ1) is 14.3. The molecule has 104 valence electrons. The van der Waals surface area contributed by atoms with Crippen LogP contribution in [0.2, 0.25) is 0 Å². The molecular formula is C15H15NO3S. The Kier molecular flexibility index (Phi) is 4.53. The molecule has 0 radical (unpaired) electrons. The molecule has 0 saturated heterocycles.